The normalized spacial score (nSPS) is 15.2. The lowest BCUT2D eigenvalue weighted by molar-refractivity contribution is -0.161. The number of phosphoric ester groups is 2. The summed E-state index contributed by atoms with van der Waals surface area (Å²) in [7, 11) is -9.92. The molecular formula is C77H150O17P2. The van der Waals surface area contributed by atoms with Crippen molar-refractivity contribution in [2.24, 2.45) is 23.7 Å². The zero-order valence-electron chi connectivity index (χ0n) is 63.0. The van der Waals surface area contributed by atoms with E-state index in [9.17, 15) is 43.2 Å². The molecule has 570 valence electrons. The van der Waals surface area contributed by atoms with Crippen LogP contribution in [-0.4, -0.2) is 96.7 Å². The second kappa shape index (κ2) is 66.3. The van der Waals surface area contributed by atoms with Crippen molar-refractivity contribution < 1.29 is 80.2 Å². The highest BCUT2D eigenvalue weighted by molar-refractivity contribution is 7.47. The maximum absolute atomic E-state index is 13.1. The van der Waals surface area contributed by atoms with Gasteiger partial charge in [0.1, 0.15) is 19.3 Å². The number of aliphatic hydroxyl groups is 1. The minimum atomic E-state index is -4.96. The van der Waals surface area contributed by atoms with Gasteiger partial charge in [0.2, 0.25) is 0 Å². The molecule has 6 unspecified atom stereocenters. The third kappa shape index (κ3) is 65.4. The topological polar surface area (TPSA) is 237 Å². The Labute approximate surface area is 588 Å². The van der Waals surface area contributed by atoms with Gasteiger partial charge in [0.05, 0.1) is 26.4 Å². The number of rotatable bonds is 74. The largest absolute Gasteiger partial charge is 0.472 e. The molecule has 0 aromatic carbocycles. The van der Waals surface area contributed by atoms with Crippen LogP contribution in [0.4, 0.5) is 0 Å². The number of unbranched alkanes of at least 4 members (excludes halogenated alkanes) is 36. The maximum Gasteiger partial charge on any atom is 0.472 e. The van der Waals surface area contributed by atoms with Crippen molar-refractivity contribution in [1.82, 2.24) is 0 Å². The molecule has 0 saturated heterocycles. The number of aliphatic hydroxyl groups excluding tert-OH is 1. The second-order valence-electron chi connectivity index (χ2n) is 28.7. The fraction of sp³-hybridized carbons (Fsp3) is 0.948. The predicted molar refractivity (Wildman–Crippen MR) is 391 cm³/mol. The van der Waals surface area contributed by atoms with Crippen LogP contribution in [0, 0.1) is 23.7 Å². The van der Waals surface area contributed by atoms with E-state index in [0.717, 1.165) is 120 Å². The van der Waals surface area contributed by atoms with Crippen molar-refractivity contribution in [3.05, 3.63) is 0 Å². The van der Waals surface area contributed by atoms with E-state index < -0.39 is 97.5 Å². The van der Waals surface area contributed by atoms with Gasteiger partial charge in [-0.05, 0) is 49.4 Å². The van der Waals surface area contributed by atoms with Gasteiger partial charge in [-0.2, -0.15) is 0 Å². The van der Waals surface area contributed by atoms with Gasteiger partial charge in [-0.3, -0.25) is 37.3 Å². The van der Waals surface area contributed by atoms with E-state index in [1.807, 2.05) is 0 Å². The zero-order chi connectivity index (χ0) is 71.0. The summed E-state index contributed by atoms with van der Waals surface area (Å²) in [4.78, 5) is 72.9. The van der Waals surface area contributed by atoms with Gasteiger partial charge in [-0.25, -0.2) is 9.13 Å². The van der Waals surface area contributed by atoms with Crippen LogP contribution in [0.15, 0.2) is 0 Å². The standard InChI is InChI=1S/C77H150O17P2/c1-9-67(5)53-45-37-29-23-17-15-13-14-16-18-27-33-43-51-59-76(81)93-72(63-87-74(79)57-49-41-32-26-21-19-24-30-38-46-54-68(6)10-2)65-91-95(83,84)89-61-71(78)62-90-96(85,86)92-66-73(64-88-75(80)58-50-42-36-35-40-48-56-70(8)12-4)94-77(82)60-52-44-34-28-22-20-25-31-39-47-55-69(7)11-3/h67-73,78H,9-66H2,1-8H3,(H,83,84)(H,85,86)/t67?,68?,69?,70?,71-,72-,73-/m1/s1. The van der Waals surface area contributed by atoms with Crippen LogP contribution >= 0.6 is 15.6 Å². The van der Waals surface area contributed by atoms with Crippen LogP contribution in [0.1, 0.15) is 389 Å². The van der Waals surface area contributed by atoms with E-state index in [4.69, 9.17) is 37.0 Å². The number of esters is 4. The molecule has 0 spiro atoms. The molecule has 0 saturated carbocycles. The molecule has 9 atom stereocenters. The van der Waals surface area contributed by atoms with Crippen LogP contribution in [0.25, 0.3) is 0 Å². The summed E-state index contributed by atoms with van der Waals surface area (Å²) in [6, 6.07) is 0. The highest BCUT2D eigenvalue weighted by atomic mass is 31.2. The molecule has 0 aromatic heterocycles. The van der Waals surface area contributed by atoms with Crippen molar-refractivity contribution in [1.29, 1.82) is 0 Å². The number of phosphoric acid groups is 2. The summed E-state index contributed by atoms with van der Waals surface area (Å²) >= 11 is 0. The number of ether oxygens (including phenoxy) is 4. The molecule has 0 aliphatic heterocycles. The van der Waals surface area contributed by atoms with Gasteiger partial charge in [-0.1, -0.05) is 338 Å². The summed E-state index contributed by atoms with van der Waals surface area (Å²) in [6.45, 7) is 14.3. The molecule has 0 radical (unpaired) electrons. The Hall–Kier alpha value is -1.94. The van der Waals surface area contributed by atoms with Crippen molar-refractivity contribution in [2.45, 2.75) is 408 Å². The Kier molecular flexibility index (Phi) is 65.0. The Morgan fingerprint density at radius 3 is 0.688 bits per heavy atom. The molecule has 3 N–H and O–H groups in total. The molecule has 0 amide bonds. The lowest BCUT2D eigenvalue weighted by Gasteiger charge is -2.21. The third-order valence-electron chi connectivity index (χ3n) is 19.3. The lowest BCUT2D eigenvalue weighted by atomic mass is 9.99. The highest BCUT2D eigenvalue weighted by Gasteiger charge is 2.30. The predicted octanol–water partition coefficient (Wildman–Crippen LogP) is 22.4. The maximum atomic E-state index is 13.1. The highest BCUT2D eigenvalue weighted by Crippen LogP contribution is 2.45. The zero-order valence-corrected chi connectivity index (χ0v) is 64.8. The van der Waals surface area contributed by atoms with Gasteiger partial charge in [0.15, 0.2) is 12.2 Å². The van der Waals surface area contributed by atoms with Crippen LogP contribution < -0.4 is 0 Å². The fourth-order valence-electron chi connectivity index (χ4n) is 11.6. The molecule has 0 bridgehead atoms. The average Bonchev–Trinajstić information content (AvgIpc) is 3.06. The van der Waals surface area contributed by atoms with E-state index in [1.54, 1.807) is 0 Å². The first-order chi connectivity index (χ1) is 46.2. The molecule has 0 rings (SSSR count). The van der Waals surface area contributed by atoms with Crippen molar-refractivity contribution in [3.8, 4) is 0 Å². The molecule has 0 fully saturated rings. The van der Waals surface area contributed by atoms with Gasteiger partial charge < -0.3 is 33.8 Å². The van der Waals surface area contributed by atoms with Crippen molar-refractivity contribution >= 4 is 39.5 Å². The summed E-state index contributed by atoms with van der Waals surface area (Å²) in [5, 5.41) is 10.6. The van der Waals surface area contributed by atoms with Crippen LogP contribution in [-0.2, 0) is 65.4 Å². The molecule has 0 aromatic rings. The molecule has 0 heterocycles. The van der Waals surface area contributed by atoms with Gasteiger partial charge in [0.25, 0.3) is 0 Å². The Morgan fingerprint density at radius 1 is 0.281 bits per heavy atom. The van der Waals surface area contributed by atoms with Crippen LogP contribution in [0.5, 0.6) is 0 Å². The molecule has 0 aliphatic rings. The first kappa shape index (κ1) is 94.1. The minimum absolute atomic E-state index is 0.105. The smallest absolute Gasteiger partial charge is 0.462 e. The van der Waals surface area contributed by atoms with Gasteiger partial charge in [-0.15, -0.1) is 0 Å². The molecule has 19 heteroatoms. The van der Waals surface area contributed by atoms with E-state index in [0.29, 0.717) is 25.7 Å². The fourth-order valence-corrected chi connectivity index (χ4v) is 13.2. The molecule has 17 nitrogen and oxygen atoms in total. The summed E-state index contributed by atoms with van der Waals surface area (Å²) in [6.07, 6.45) is 51.1. The van der Waals surface area contributed by atoms with Crippen molar-refractivity contribution in [2.75, 3.05) is 39.6 Å². The first-order valence-electron chi connectivity index (χ1n) is 39.9. The van der Waals surface area contributed by atoms with Crippen LogP contribution in [0.3, 0.4) is 0 Å². The second-order valence-corrected chi connectivity index (χ2v) is 31.6. The lowest BCUT2D eigenvalue weighted by Crippen LogP contribution is -2.30. The third-order valence-corrected chi connectivity index (χ3v) is 21.2. The Morgan fingerprint density at radius 2 is 0.469 bits per heavy atom. The van der Waals surface area contributed by atoms with Crippen molar-refractivity contribution in [3.63, 3.8) is 0 Å². The summed E-state index contributed by atoms with van der Waals surface area (Å²) < 4.78 is 68.6. The van der Waals surface area contributed by atoms with E-state index in [2.05, 4.69) is 55.4 Å². The summed E-state index contributed by atoms with van der Waals surface area (Å²) in [5.74, 6) is 1.07. The molecular weight excluding hydrogens is 1260 g/mol. The Bertz CT molecular complexity index is 1890. The average molecular weight is 1410 g/mol. The van der Waals surface area contributed by atoms with Gasteiger partial charge in [0, 0.05) is 25.7 Å². The van der Waals surface area contributed by atoms with E-state index >= 15 is 0 Å². The number of hydrogen-bond donors (Lipinski definition) is 3. The monoisotopic (exact) mass is 1410 g/mol. The Balaban J connectivity index is 5.27. The first-order valence-corrected chi connectivity index (χ1v) is 42.8. The quantitative estimate of drug-likeness (QED) is 0.0222. The van der Waals surface area contributed by atoms with Gasteiger partial charge >= 0.3 is 39.5 Å². The molecule has 0 aliphatic carbocycles. The van der Waals surface area contributed by atoms with Crippen LogP contribution in [0.2, 0.25) is 0 Å². The SMILES string of the molecule is CCC(C)CCCCCCCCCCCCCCCCC(=O)O[C@H](COC(=O)CCCCCCCCCCCCC(C)CC)COP(=O)(O)OC[C@@H](O)COP(=O)(O)OC[C@@H](COC(=O)CCCCCCCCC(C)CC)OC(=O)CCCCCCCCCCCCC(C)CC. The van der Waals surface area contributed by atoms with E-state index in [1.165, 1.54) is 186 Å². The summed E-state index contributed by atoms with van der Waals surface area (Å²) in [5.41, 5.74) is 0. The number of carbonyl (C=O) groups excluding carboxylic acids is 4. The number of hydrogen-bond acceptors (Lipinski definition) is 15. The minimum Gasteiger partial charge on any atom is -0.462 e. The molecule has 96 heavy (non-hydrogen) atoms. The number of carbonyl (C=O) groups is 4. The van der Waals surface area contributed by atoms with E-state index in [-0.39, 0.29) is 25.7 Å².